The molecule has 4 heteroatoms. The molecule has 0 amide bonds. The van der Waals surface area contributed by atoms with E-state index in [-0.39, 0.29) is 11.1 Å². The minimum absolute atomic E-state index is 0.114. The summed E-state index contributed by atoms with van der Waals surface area (Å²) >= 11 is 7.58. The van der Waals surface area contributed by atoms with Crippen molar-refractivity contribution in [2.75, 3.05) is 5.75 Å². The molecule has 0 bridgehead atoms. The van der Waals surface area contributed by atoms with Gasteiger partial charge in [0.2, 0.25) is 0 Å². The standard InChI is InChI=1S/C16H17ClFNS/c1-2-20-13-6-4-12(5-7-13)16(19)10-11-3-8-15(18)14(17)9-11/h3-9,16H,2,10,19H2,1H3. The lowest BCUT2D eigenvalue weighted by Gasteiger charge is -2.13. The van der Waals surface area contributed by atoms with Crippen molar-refractivity contribution in [1.29, 1.82) is 0 Å². The van der Waals surface area contributed by atoms with E-state index in [1.165, 1.54) is 11.0 Å². The van der Waals surface area contributed by atoms with Crippen LogP contribution in [-0.4, -0.2) is 5.75 Å². The van der Waals surface area contributed by atoms with Crippen LogP contribution in [-0.2, 0) is 6.42 Å². The first kappa shape index (κ1) is 15.4. The summed E-state index contributed by atoms with van der Waals surface area (Å²) in [4.78, 5) is 1.24. The number of nitrogens with two attached hydrogens (primary N) is 1. The van der Waals surface area contributed by atoms with Crippen molar-refractivity contribution >= 4 is 23.4 Å². The second-order valence-corrected chi connectivity index (χ2v) is 6.31. The van der Waals surface area contributed by atoms with Gasteiger partial charge in [-0.05, 0) is 47.6 Å². The summed E-state index contributed by atoms with van der Waals surface area (Å²) in [7, 11) is 0. The van der Waals surface area contributed by atoms with Gasteiger partial charge in [0.05, 0.1) is 5.02 Å². The van der Waals surface area contributed by atoms with Gasteiger partial charge in [-0.2, -0.15) is 0 Å². The monoisotopic (exact) mass is 309 g/mol. The molecule has 1 atom stereocenters. The van der Waals surface area contributed by atoms with Gasteiger partial charge in [-0.3, -0.25) is 0 Å². The first-order chi connectivity index (χ1) is 9.60. The van der Waals surface area contributed by atoms with Gasteiger partial charge in [-0.1, -0.05) is 36.7 Å². The van der Waals surface area contributed by atoms with Crippen molar-refractivity contribution in [2.45, 2.75) is 24.3 Å². The smallest absolute Gasteiger partial charge is 0.141 e. The Labute approximate surface area is 128 Å². The van der Waals surface area contributed by atoms with Gasteiger partial charge in [0.15, 0.2) is 0 Å². The Morgan fingerprint density at radius 2 is 1.90 bits per heavy atom. The average molecular weight is 310 g/mol. The van der Waals surface area contributed by atoms with Crippen LogP contribution in [0.3, 0.4) is 0 Å². The van der Waals surface area contributed by atoms with Crippen LogP contribution in [0.2, 0.25) is 5.02 Å². The number of thioether (sulfide) groups is 1. The molecule has 0 radical (unpaired) electrons. The minimum atomic E-state index is -0.398. The summed E-state index contributed by atoms with van der Waals surface area (Å²) in [5.41, 5.74) is 8.21. The normalized spacial score (nSPS) is 12.4. The number of rotatable bonds is 5. The average Bonchev–Trinajstić information content (AvgIpc) is 2.44. The number of halogens is 2. The third-order valence-electron chi connectivity index (χ3n) is 3.06. The van der Waals surface area contributed by atoms with Crippen molar-refractivity contribution in [1.82, 2.24) is 0 Å². The van der Waals surface area contributed by atoms with Crippen LogP contribution in [0.15, 0.2) is 47.4 Å². The van der Waals surface area contributed by atoms with E-state index in [1.54, 1.807) is 23.9 Å². The quantitative estimate of drug-likeness (QED) is 0.800. The van der Waals surface area contributed by atoms with E-state index in [0.717, 1.165) is 16.9 Å². The molecule has 0 aromatic heterocycles. The Morgan fingerprint density at radius 1 is 1.20 bits per heavy atom. The fraction of sp³-hybridized carbons (Fsp3) is 0.250. The zero-order valence-corrected chi connectivity index (χ0v) is 12.8. The second kappa shape index (κ2) is 7.11. The fourth-order valence-corrected chi connectivity index (χ4v) is 2.88. The molecule has 0 saturated heterocycles. The predicted molar refractivity (Wildman–Crippen MR) is 84.9 cm³/mol. The molecule has 0 spiro atoms. The topological polar surface area (TPSA) is 26.0 Å². The van der Waals surface area contributed by atoms with Gasteiger partial charge >= 0.3 is 0 Å². The molecule has 0 saturated carbocycles. The highest BCUT2D eigenvalue weighted by atomic mass is 35.5. The van der Waals surface area contributed by atoms with Crippen LogP contribution in [0.1, 0.15) is 24.1 Å². The Morgan fingerprint density at radius 3 is 2.50 bits per heavy atom. The molecule has 1 unspecified atom stereocenters. The van der Waals surface area contributed by atoms with E-state index in [4.69, 9.17) is 17.3 Å². The van der Waals surface area contributed by atoms with Crippen LogP contribution < -0.4 is 5.73 Å². The molecule has 0 aliphatic rings. The summed E-state index contributed by atoms with van der Waals surface area (Å²) in [6.45, 7) is 2.13. The summed E-state index contributed by atoms with van der Waals surface area (Å²) in [5, 5.41) is 0.143. The summed E-state index contributed by atoms with van der Waals surface area (Å²) in [6, 6.07) is 12.9. The molecular weight excluding hydrogens is 293 g/mol. The van der Waals surface area contributed by atoms with Gasteiger partial charge in [0.25, 0.3) is 0 Å². The van der Waals surface area contributed by atoms with Crippen molar-refractivity contribution in [2.24, 2.45) is 5.73 Å². The third-order valence-corrected chi connectivity index (χ3v) is 4.24. The molecule has 20 heavy (non-hydrogen) atoms. The first-order valence-corrected chi connectivity index (χ1v) is 7.88. The van der Waals surface area contributed by atoms with E-state index in [9.17, 15) is 4.39 Å². The van der Waals surface area contributed by atoms with Crippen molar-refractivity contribution < 1.29 is 4.39 Å². The molecule has 106 valence electrons. The number of hydrogen-bond acceptors (Lipinski definition) is 2. The van der Waals surface area contributed by atoms with Gasteiger partial charge in [0, 0.05) is 10.9 Å². The van der Waals surface area contributed by atoms with Crippen molar-refractivity contribution in [3.05, 3.63) is 64.4 Å². The van der Waals surface area contributed by atoms with Crippen molar-refractivity contribution in [3.8, 4) is 0 Å². The summed E-state index contributed by atoms with van der Waals surface area (Å²) in [5.74, 6) is 0.657. The summed E-state index contributed by atoms with van der Waals surface area (Å²) < 4.78 is 13.1. The van der Waals surface area contributed by atoms with Gasteiger partial charge in [0.1, 0.15) is 5.82 Å². The molecule has 1 nitrogen and oxygen atoms in total. The van der Waals surface area contributed by atoms with E-state index >= 15 is 0 Å². The maximum atomic E-state index is 13.1. The Balaban J connectivity index is 2.06. The zero-order valence-electron chi connectivity index (χ0n) is 11.3. The van der Waals surface area contributed by atoms with E-state index in [2.05, 4.69) is 19.1 Å². The van der Waals surface area contributed by atoms with E-state index < -0.39 is 5.82 Å². The predicted octanol–water partition coefficient (Wildman–Crippen LogP) is 4.83. The third kappa shape index (κ3) is 3.98. The molecular formula is C16H17ClFNS. The van der Waals surface area contributed by atoms with Gasteiger partial charge in [-0.25, -0.2) is 4.39 Å². The lowest BCUT2D eigenvalue weighted by molar-refractivity contribution is 0.626. The molecule has 0 heterocycles. The lowest BCUT2D eigenvalue weighted by Crippen LogP contribution is -2.13. The van der Waals surface area contributed by atoms with Gasteiger partial charge < -0.3 is 5.73 Å². The molecule has 2 aromatic rings. The van der Waals surface area contributed by atoms with Crippen LogP contribution >= 0.6 is 23.4 Å². The van der Waals surface area contributed by atoms with Crippen LogP contribution in [0.25, 0.3) is 0 Å². The highest BCUT2D eigenvalue weighted by Gasteiger charge is 2.09. The van der Waals surface area contributed by atoms with Crippen LogP contribution in [0, 0.1) is 5.82 Å². The van der Waals surface area contributed by atoms with Crippen LogP contribution in [0.5, 0.6) is 0 Å². The minimum Gasteiger partial charge on any atom is -0.324 e. The maximum Gasteiger partial charge on any atom is 0.141 e. The fourth-order valence-electron chi connectivity index (χ4n) is 2.02. The molecule has 0 fully saturated rings. The maximum absolute atomic E-state index is 13.1. The van der Waals surface area contributed by atoms with Crippen molar-refractivity contribution in [3.63, 3.8) is 0 Å². The second-order valence-electron chi connectivity index (χ2n) is 4.56. The Kier molecular flexibility index (Phi) is 5.46. The highest BCUT2D eigenvalue weighted by molar-refractivity contribution is 7.99. The molecule has 2 N–H and O–H groups in total. The molecule has 0 aliphatic carbocycles. The number of benzene rings is 2. The van der Waals surface area contributed by atoms with E-state index in [1.807, 2.05) is 12.1 Å². The largest absolute Gasteiger partial charge is 0.324 e. The molecule has 2 rings (SSSR count). The lowest BCUT2D eigenvalue weighted by atomic mass is 10.00. The Bertz CT molecular complexity index is 571. The molecule has 0 aliphatic heterocycles. The SMILES string of the molecule is CCSc1ccc(C(N)Cc2ccc(F)c(Cl)c2)cc1. The van der Waals surface area contributed by atoms with E-state index in [0.29, 0.717) is 6.42 Å². The molecule has 2 aromatic carbocycles. The zero-order chi connectivity index (χ0) is 14.5. The van der Waals surface area contributed by atoms with Crippen LogP contribution in [0.4, 0.5) is 4.39 Å². The van der Waals surface area contributed by atoms with Gasteiger partial charge in [-0.15, -0.1) is 11.8 Å². The first-order valence-electron chi connectivity index (χ1n) is 6.52. The Hall–Kier alpha value is -1.03. The highest BCUT2D eigenvalue weighted by Crippen LogP contribution is 2.23. The summed E-state index contributed by atoms with van der Waals surface area (Å²) in [6.07, 6.45) is 0.639. The number of hydrogen-bond donors (Lipinski definition) is 1.